The van der Waals surface area contributed by atoms with Gasteiger partial charge in [-0.05, 0) is 35.7 Å². The van der Waals surface area contributed by atoms with Crippen LogP contribution in [0.3, 0.4) is 0 Å². The molecule has 1 N–H and O–H groups in total. The van der Waals surface area contributed by atoms with Gasteiger partial charge in [0.05, 0.1) is 30.5 Å². The highest BCUT2D eigenvalue weighted by Gasteiger charge is 2.18. The summed E-state index contributed by atoms with van der Waals surface area (Å²) >= 11 is 2.89. The van der Waals surface area contributed by atoms with Crippen LogP contribution in [0.4, 0.5) is 5.69 Å². The predicted molar refractivity (Wildman–Crippen MR) is 117 cm³/mol. The third kappa shape index (κ3) is 4.19. The maximum absolute atomic E-state index is 12.6. The maximum atomic E-state index is 12.6. The predicted octanol–water partition coefficient (Wildman–Crippen LogP) is 3.87. The Labute approximate surface area is 181 Å². The van der Waals surface area contributed by atoms with Gasteiger partial charge in [0, 0.05) is 18.5 Å². The Hall–Kier alpha value is -3.24. The van der Waals surface area contributed by atoms with Gasteiger partial charge >= 0.3 is 0 Å². The van der Waals surface area contributed by atoms with Crippen LogP contribution in [-0.4, -0.2) is 45.4 Å². The molecule has 8 nitrogen and oxygen atoms in total. The number of carbonyl (C=O) groups excluding carboxylic acids is 1. The first-order chi connectivity index (χ1) is 14.7. The Bertz CT molecular complexity index is 1120. The van der Waals surface area contributed by atoms with E-state index in [-0.39, 0.29) is 11.7 Å². The topological polar surface area (TPSA) is 83.2 Å². The van der Waals surface area contributed by atoms with Gasteiger partial charge in [-0.15, -0.1) is 21.5 Å². The van der Waals surface area contributed by atoms with E-state index in [2.05, 4.69) is 15.5 Å². The number of amides is 1. The quantitative estimate of drug-likeness (QED) is 0.418. The van der Waals surface area contributed by atoms with Crippen molar-refractivity contribution in [3.8, 4) is 22.2 Å². The lowest BCUT2D eigenvalue weighted by atomic mass is 10.2. The molecule has 30 heavy (non-hydrogen) atoms. The monoisotopic (exact) mass is 441 g/mol. The fourth-order valence-corrected chi connectivity index (χ4v) is 4.23. The Kier molecular flexibility index (Phi) is 6.05. The van der Waals surface area contributed by atoms with E-state index in [0.717, 1.165) is 10.7 Å². The van der Waals surface area contributed by atoms with Gasteiger partial charge in [0.2, 0.25) is 11.1 Å². The number of nitrogens with one attached hydrogen (secondary N) is 1. The molecule has 0 fully saturated rings. The van der Waals surface area contributed by atoms with Crippen molar-refractivity contribution in [2.75, 3.05) is 25.3 Å². The highest BCUT2D eigenvalue weighted by Crippen LogP contribution is 2.30. The zero-order valence-electron chi connectivity index (χ0n) is 16.3. The second-order valence-electron chi connectivity index (χ2n) is 6.06. The molecule has 3 heterocycles. The highest BCUT2D eigenvalue weighted by atomic mass is 32.2. The van der Waals surface area contributed by atoms with Crippen molar-refractivity contribution >= 4 is 34.7 Å². The molecule has 1 amide bonds. The van der Waals surface area contributed by atoms with E-state index in [4.69, 9.17) is 9.47 Å². The Morgan fingerprint density at radius 3 is 2.67 bits per heavy atom. The van der Waals surface area contributed by atoms with E-state index in [1.165, 1.54) is 11.8 Å². The van der Waals surface area contributed by atoms with E-state index < -0.39 is 0 Å². The summed E-state index contributed by atoms with van der Waals surface area (Å²) in [6.45, 7) is 0. The molecule has 0 spiro atoms. The van der Waals surface area contributed by atoms with Crippen molar-refractivity contribution in [3.63, 3.8) is 0 Å². The third-order valence-corrected chi connectivity index (χ3v) is 5.97. The lowest BCUT2D eigenvalue weighted by Gasteiger charge is -2.12. The average molecular weight is 442 g/mol. The first kappa shape index (κ1) is 20.0. The fourth-order valence-electron chi connectivity index (χ4n) is 2.80. The molecule has 4 aromatic rings. The second kappa shape index (κ2) is 9.06. The molecule has 10 heteroatoms. The van der Waals surface area contributed by atoms with Gasteiger partial charge in [-0.1, -0.05) is 17.8 Å². The summed E-state index contributed by atoms with van der Waals surface area (Å²) < 4.78 is 14.3. The Morgan fingerprint density at radius 1 is 1.13 bits per heavy atom. The van der Waals surface area contributed by atoms with E-state index in [0.29, 0.717) is 22.3 Å². The number of ether oxygens (including phenoxy) is 2. The summed E-state index contributed by atoms with van der Waals surface area (Å²) in [6, 6.07) is 13.0. The minimum atomic E-state index is -0.178. The minimum Gasteiger partial charge on any atom is -0.497 e. The molecule has 0 unspecified atom stereocenters. The standard InChI is InChI=1S/C20H19N5O3S2/c1-27-14-7-8-15(16(12-14)28-2)21-18(26)13-30-20-23-22-19(17-6-5-11-29-17)25(20)24-9-3-4-10-24/h3-12H,13H2,1-2H3,(H,21,26). The van der Waals surface area contributed by atoms with Crippen LogP contribution in [0.5, 0.6) is 11.5 Å². The Balaban J connectivity index is 1.51. The molecular formula is C20H19N5O3S2. The van der Waals surface area contributed by atoms with E-state index >= 15 is 0 Å². The van der Waals surface area contributed by atoms with E-state index in [9.17, 15) is 4.79 Å². The first-order valence-electron chi connectivity index (χ1n) is 8.97. The molecule has 0 atom stereocenters. The molecule has 0 aliphatic heterocycles. The molecule has 0 aliphatic carbocycles. The molecule has 3 aromatic heterocycles. The number of methoxy groups -OCH3 is 2. The lowest BCUT2D eigenvalue weighted by molar-refractivity contribution is -0.113. The number of hydrogen-bond donors (Lipinski definition) is 1. The third-order valence-electron chi connectivity index (χ3n) is 4.19. The number of aromatic nitrogens is 4. The molecular weight excluding hydrogens is 422 g/mol. The summed E-state index contributed by atoms with van der Waals surface area (Å²) in [5.74, 6) is 1.89. The Morgan fingerprint density at radius 2 is 1.97 bits per heavy atom. The van der Waals surface area contributed by atoms with Crippen molar-refractivity contribution in [3.05, 3.63) is 60.2 Å². The summed E-state index contributed by atoms with van der Waals surface area (Å²) in [4.78, 5) is 13.6. The number of thiophene rings is 1. The van der Waals surface area contributed by atoms with Crippen molar-refractivity contribution in [1.82, 2.24) is 19.5 Å². The zero-order chi connectivity index (χ0) is 20.9. The lowest BCUT2D eigenvalue weighted by Crippen LogP contribution is -2.16. The number of benzene rings is 1. The van der Waals surface area contributed by atoms with Crippen LogP contribution in [0.2, 0.25) is 0 Å². The van der Waals surface area contributed by atoms with Gasteiger partial charge in [0.15, 0.2) is 5.82 Å². The number of thioether (sulfide) groups is 1. The summed E-state index contributed by atoms with van der Waals surface area (Å²) in [7, 11) is 3.12. The normalized spacial score (nSPS) is 10.7. The van der Waals surface area contributed by atoms with Gasteiger partial charge in [-0.2, -0.15) is 0 Å². The van der Waals surface area contributed by atoms with Crippen molar-refractivity contribution < 1.29 is 14.3 Å². The summed E-state index contributed by atoms with van der Waals surface area (Å²) in [6.07, 6.45) is 3.82. The van der Waals surface area contributed by atoms with Gasteiger partial charge < -0.3 is 14.8 Å². The average Bonchev–Trinajstić information content (AvgIpc) is 3.53. The first-order valence-corrected chi connectivity index (χ1v) is 10.8. The minimum absolute atomic E-state index is 0.166. The molecule has 0 saturated heterocycles. The number of nitrogens with zero attached hydrogens (tertiary/aromatic N) is 4. The molecule has 1 aromatic carbocycles. The van der Waals surface area contributed by atoms with E-state index in [1.54, 1.807) is 43.8 Å². The van der Waals surface area contributed by atoms with Crippen molar-refractivity contribution in [1.29, 1.82) is 0 Å². The SMILES string of the molecule is COc1ccc(NC(=O)CSc2nnc(-c3cccs3)n2-n2cccc2)c(OC)c1. The van der Waals surface area contributed by atoms with Gasteiger partial charge in [0.25, 0.3) is 0 Å². The van der Waals surface area contributed by atoms with Crippen LogP contribution in [-0.2, 0) is 4.79 Å². The number of rotatable bonds is 8. The van der Waals surface area contributed by atoms with Crippen LogP contribution in [0.25, 0.3) is 10.7 Å². The molecule has 154 valence electrons. The van der Waals surface area contributed by atoms with Crippen LogP contribution >= 0.6 is 23.1 Å². The van der Waals surface area contributed by atoms with Crippen molar-refractivity contribution in [2.45, 2.75) is 5.16 Å². The number of carbonyl (C=O) groups is 1. The maximum Gasteiger partial charge on any atom is 0.234 e. The number of anilines is 1. The van der Waals surface area contributed by atoms with Crippen LogP contribution < -0.4 is 14.8 Å². The molecule has 0 radical (unpaired) electrons. The van der Waals surface area contributed by atoms with Gasteiger partial charge in [0.1, 0.15) is 11.5 Å². The van der Waals surface area contributed by atoms with E-state index in [1.807, 2.05) is 51.4 Å². The zero-order valence-corrected chi connectivity index (χ0v) is 17.9. The van der Waals surface area contributed by atoms with Gasteiger partial charge in [-0.3, -0.25) is 9.47 Å². The smallest absolute Gasteiger partial charge is 0.234 e. The molecule has 0 saturated carbocycles. The summed E-state index contributed by atoms with van der Waals surface area (Å²) in [5, 5.41) is 14.1. The van der Waals surface area contributed by atoms with Crippen LogP contribution in [0.1, 0.15) is 0 Å². The van der Waals surface area contributed by atoms with Gasteiger partial charge in [-0.25, -0.2) is 4.68 Å². The summed E-state index contributed by atoms with van der Waals surface area (Å²) in [5.41, 5.74) is 0.579. The molecule has 4 rings (SSSR count). The molecule has 0 bridgehead atoms. The van der Waals surface area contributed by atoms with Crippen molar-refractivity contribution in [2.24, 2.45) is 0 Å². The molecule has 0 aliphatic rings. The number of hydrogen-bond acceptors (Lipinski definition) is 7. The second-order valence-corrected chi connectivity index (χ2v) is 7.95. The largest absolute Gasteiger partial charge is 0.497 e. The van der Waals surface area contributed by atoms with Crippen LogP contribution in [0.15, 0.2) is 65.4 Å². The highest BCUT2D eigenvalue weighted by molar-refractivity contribution is 7.99. The fraction of sp³-hybridized carbons (Fsp3) is 0.150. The van der Waals surface area contributed by atoms with Crippen LogP contribution in [0, 0.1) is 0 Å².